The van der Waals surface area contributed by atoms with Crippen LogP contribution in [-0.4, -0.2) is 82.0 Å². The minimum Gasteiger partial charge on any atom is -0.475 e. The number of carboxylic acids is 1. The number of amides is 2. The zero-order valence-corrected chi connectivity index (χ0v) is 28.0. The van der Waals surface area contributed by atoms with E-state index in [4.69, 9.17) is 38.1 Å². The Labute approximate surface area is 293 Å². The summed E-state index contributed by atoms with van der Waals surface area (Å²) in [6, 6.07) is 8.91. The van der Waals surface area contributed by atoms with Gasteiger partial charge in [-0.1, -0.05) is 41.8 Å². The number of aliphatic carboxylic acids is 1. The van der Waals surface area contributed by atoms with Crippen molar-refractivity contribution in [3.8, 4) is 16.9 Å². The number of hydrogen-bond acceptors (Lipinski definition) is 8. The molecule has 50 heavy (non-hydrogen) atoms. The predicted octanol–water partition coefficient (Wildman–Crippen LogP) is 5.57. The smallest absolute Gasteiger partial charge is 0.475 e. The summed E-state index contributed by atoms with van der Waals surface area (Å²) in [4.78, 5) is 42.3. The van der Waals surface area contributed by atoms with Crippen LogP contribution in [0.25, 0.3) is 22.5 Å². The number of halogens is 5. The highest BCUT2D eigenvalue weighted by Crippen LogP contribution is 2.37. The fraction of sp³-hybridized carbons (Fsp3) is 0.344. The molecule has 0 fully saturated rings. The summed E-state index contributed by atoms with van der Waals surface area (Å²) in [6.45, 7) is 2.53. The van der Waals surface area contributed by atoms with Crippen LogP contribution in [-0.2, 0) is 20.9 Å². The van der Waals surface area contributed by atoms with Gasteiger partial charge in [-0.3, -0.25) is 19.3 Å². The van der Waals surface area contributed by atoms with E-state index in [0.29, 0.717) is 42.2 Å². The molecule has 0 aliphatic carbocycles. The summed E-state index contributed by atoms with van der Waals surface area (Å²) in [6.07, 6.45) is 4.11. The lowest BCUT2D eigenvalue weighted by molar-refractivity contribution is -0.192. The number of fused-ring (bicyclic) bond motifs is 4. The summed E-state index contributed by atoms with van der Waals surface area (Å²) >= 11 is 12.4. The van der Waals surface area contributed by atoms with E-state index in [1.165, 1.54) is 0 Å². The van der Waals surface area contributed by atoms with Crippen molar-refractivity contribution < 1.29 is 37.8 Å². The number of nitrogens with zero attached hydrogens (tertiary/aromatic N) is 7. The molecule has 0 spiro atoms. The van der Waals surface area contributed by atoms with Gasteiger partial charge in [-0.25, -0.2) is 9.48 Å². The molecule has 2 aliphatic rings. The Morgan fingerprint density at radius 2 is 1.90 bits per heavy atom. The quantitative estimate of drug-likeness (QED) is 0.237. The molecule has 6 rings (SSSR count). The number of carbonyl (C=O) groups excluding carboxylic acids is 2. The van der Waals surface area contributed by atoms with E-state index >= 15 is 0 Å². The van der Waals surface area contributed by atoms with E-state index in [0.717, 1.165) is 34.5 Å². The van der Waals surface area contributed by atoms with Crippen LogP contribution in [0.2, 0.25) is 10.2 Å². The summed E-state index contributed by atoms with van der Waals surface area (Å²) in [7, 11) is 0. The van der Waals surface area contributed by atoms with Crippen molar-refractivity contribution in [2.75, 3.05) is 18.5 Å². The Balaban J connectivity index is 0.000000630. The van der Waals surface area contributed by atoms with Crippen molar-refractivity contribution in [1.82, 2.24) is 34.7 Å². The van der Waals surface area contributed by atoms with E-state index in [1.807, 2.05) is 36.1 Å². The first-order valence-electron chi connectivity index (χ1n) is 15.4. The maximum absolute atomic E-state index is 13.8. The van der Waals surface area contributed by atoms with E-state index < -0.39 is 12.1 Å². The molecule has 3 N–H and O–H groups in total. The molecule has 0 saturated heterocycles. The number of hydrogen-bond donors (Lipinski definition) is 3. The van der Waals surface area contributed by atoms with Gasteiger partial charge < -0.3 is 20.4 Å². The highest BCUT2D eigenvalue weighted by Gasteiger charge is 2.38. The fourth-order valence-corrected chi connectivity index (χ4v) is 6.09. The first-order valence-corrected chi connectivity index (χ1v) is 16.2. The molecule has 4 aromatic rings. The van der Waals surface area contributed by atoms with Crippen LogP contribution in [0.5, 0.6) is 0 Å². The Kier molecular flexibility index (Phi) is 11.2. The van der Waals surface area contributed by atoms with Crippen molar-refractivity contribution in [2.45, 2.75) is 51.4 Å². The molecule has 2 bridgehead atoms. The van der Waals surface area contributed by atoms with Gasteiger partial charge in [0.05, 0.1) is 54.3 Å². The number of benzene rings is 1. The van der Waals surface area contributed by atoms with E-state index in [1.54, 1.807) is 40.1 Å². The zero-order valence-electron chi connectivity index (χ0n) is 26.4. The van der Waals surface area contributed by atoms with E-state index in [-0.39, 0.29) is 42.1 Å². The van der Waals surface area contributed by atoms with Crippen LogP contribution >= 0.6 is 23.2 Å². The van der Waals surface area contributed by atoms with E-state index in [2.05, 4.69) is 20.7 Å². The molecule has 2 amide bonds. The second-order valence-corrected chi connectivity index (χ2v) is 12.4. The van der Waals surface area contributed by atoms with Crippen LogP contribution in [0.4, 0.5) is 18.9 Å². The number of pyridine rings is 1. The van der Waals surface area contributed by atoms with Crippen LogP contribution in [0.15, 0.2) is 55.0 Å². The molecule has 5 heterocycles. The topological polar surface area (TPSA) is 168 Å². The lowest BCUT2D eigenvalue weighted by Gasteiger charge is -2.34. The standard InChI is InChI=1S/C30H30Cl2N8O3.C2HF3O2/c1-18-3-2-4-26(23-13-20(7-9-33-23)29-24(35-30(18)43)16-34-39(29)11-12-41)38-10-8-19(14-28(38)42)22-15-21(31)5-6-25(22)40-17-27(32)36-37-40;3-2(4,5)1(6)7/h5-7,9,13-18,26,41H,2-4,8,10-12H2,1H3,(H,35,43);(H,6,7)/t18-,26+;/m1./s1. The highest BCUT2D eigenvalue weighted by atomic mass is 35.5. The summed E-state index contributed by atoms with van der Waals surface area (Å²) in [5, 5.41) is 33.0. The normalized spacial score (nSPS) is 18.1. The number of aromatic nitrogens is 6. The molecule has 18 heteroatoms. The molecule has 0 saturated carbocycles. The van der Waals surface area contributed by atoms with Gasteiger partial charge in [0, 0.05) is 40.9 Å². The SMILES string of the molecule is C[C@@H]1CCC[C@H](N2CCC(c3cc(Cl)ccc3-n3cc(Cl)nn3)=CC2=O)c2cc(ccn2)-c2c(cnn2CCO)NC1=O.O=C(O)C(F)(F)F. The third-order valence-electron chi connectivity index (χ3n) is 8.21. The lowest BCUT2D eigenvalue weighted by atomic mass is 9.93. The summed E-state index contributed by atoms with van der Waals surface area (Å²) in [5.74, 6) is -3.23. The Bertz CT molecular complexity index is 1930. The van der Waals surface area contributed by atoms with Crippen molar-refractivity contribution in [3.05, 3.63) is 76.4 Å². The Hall–Kier alpha value is -4.80. The van der Waals surface area contributed by atoms with Crippen LogP contribution < -0.4 is 5.32 Å². The molecule has 0 radical (unpaired) electrons. The maximum atomic E-state index is 13.8. The number of anilines is 1. The molecule has 2 atom stereocenters. The van der Waals surface area contributed by atoms with Gasteiger partial charge in [0.25, 0.3) is 0 Å². The first-order chi connectivity index (χ1) is 23.8. The Morgan fingerprint density at radius 1 is 1.14 bits per heavy atom. The second kappa shape index (κ2) is 15.4. The molecule has 13 nitrogen and oxygen atoms in total. The van der Waals surface area contributed by atoms with Gasteiger partial charge in [-0.05, 0) is 55.2 Å². The molecule has 0 unspecified atom stereocenters. The van der Waals surface area contributed by atoms with Crippen LogP contribution in [0.1, 0.15) is 49.9 Å². The minimum absolute atomic E-state index is 0.0937. The fourth-order valence-electron chi connectivity index (χ4n) is 5.79. The minimum atomic E-state index is -5.08. The van der Waals surface area contributed by atoms with Crippen molar-refractivity contribution in [1.29, 1.82) is 0 Å². The van der Waals surface area contributed by atoms with Gasteiger partial charge in [-0.15, -0.1) is 5.10 Å². The van der Waals surface area contributed by atoms with Crippen LogP contribution in [0.3, 0.4) is 0 Å². The van der Waals surface area contributed by atoms with Gasteiger partial charge in [0.1, 0.15) is 0 Å². The molecule has 264 valence electrons. The third kappa shape index (κ3) is 8.31. The van der Waals surface area contributed by atoms with Gasteiger partial charge in [0.15, 0.2) is 5.15 Å². The van der Waals surface area contributed by atoms with Crippen molar-refractivity contribution >= 4 is 52.2 Å². The van der Waals surface area contributed by atoms with Crippen molar-refractivity contribution in [2.24, 2.45) is 5.92 Å². The number of aliphatic hydroxyl groups excluding tert-OH is 1. The number of alkyl halides is 3. The number of carboxylic acid groups (broad SMARTS) is 1. The molecular weight excluding hydrogens is 704 g/mol. The molecular formula is C32H31Cl2F3N8O5. The highest BCUT2D eigenvalue weighted by molar-refractivity contribution is 6.31. The zero-order chi connectivity index (χ0) is 36.2. The number of carbonyl (C=O) groups is 3. The van der Waals surface area contributed by atoms with Crippen molar-refractivity contribution in [3.63, 3.8) is 0 Å². The summed E-state index contributed by atoms with van der Waals surface area (Å²) < 4.78 is 35.0. The van der Waals surface area contributed by atoms with Gasteiger partial charge in [-0.2, -0.15) is 18.3 Å². The monoisotopic (exact) mass is 734 g/mol. The predicted molar refractivity (Wildman–Crippen MR) is 176 cm³/mol. The summed E-state index contributed by atoms with van der Waals surface area (Å²) in [5.41, 5.74) is 5.15. The van der Waals surface area contributed by atoms with E-state index in [9.17, 15) is 27.9 Å². The average molecular weight is 736 g/mol. The molecule has 1 aromatic carbocycles. The average Bonchev–Trinajstić information content (AvgIpc) is 3.68. The van der Waals surface area contributed by atoms with Gasteiger partial charge in [0.2, 0.25) is 11.8 Å². The van der Waals surface area contributed by atoms with Gasteiger partial charge >= 0.3 is 12.1 Å². The number of rotatable bonds is 5. The first kappa shape index (κ1) is 36.5. The molecule has 3 aromatic heterocycles. The third-order valence-corrected chi connectivity index (χ3v) is 8.61. The Morgan fingerprint density at radius 3 is 2.56 bits per heavy atom. The maximum Gasteiger partial charge on any atom is 0.490 e. The lowest BCUT2D eigenvalue weighted by Crippen LogP contribution is -2.38. The number of nitrogens with one attached hydrogen (secondary N) is 1. The largest absolute Gasteiger partial charge is 0.490 e. The second-order valence-electron chi connectivity index (χ2n) is 11.6. The number of aliphatic hydroxyl groups is 1. The van der Waals surface area contributed by atoms with Crippen LogP contribution in [0, 0.1) is 5.92 Å². The molecule has 2 aliphatic heterocycles.